The van der Waals surface area contributed by atoms with Crippen molar-refractivity contribution in [1.29, 1.82) is 0 Å². The van der Waals surface area contributed by atoms with E-state index in [0.717, 1.165) is 51.4 Å². The lowest BCUT2D eigenvalue weighted by Crippen LogP contribution is -2.46. The monoisotopic (exact) mass is 711 g/mol. The molecule has 1 saturated carbocycles. The second kappa shape index (κ2) is 27.1. The Morgan fingerprint density at radius 2 is 0.900 bits per heavy atom. The number of amides is 3. The summed E-state index contributed by atoms with van der Waals surface area (Å²) in [5.41, 5.74) is 0. The summed E-state index contributed by atoms with van der Waals surface area (Å²) < 4.78 is 0. The smallest absolute Gasteiger partial charge is 0.326 e. The first kappa shape index (κ1) is 44.3. The normalized spacial score (nSPS) is 16.9. The number of aliphatic carboxylic acids is 4. The van der Waals surface area contributed by atoms with Gasteiger partial charge in [0.15, 0.2) is 0 Å². The summed E-state index contributed by atoms with van der Waals surface area (Å²) in [6.45, 7) is 0.550. The number of carbonyl (C=O) groups is 7. The largest absolute Gasteiger partial charge is 0.481 e. The zero-order valence-electron chi connectivity index (χ0n) is 29.6. The van der Waals surface area contributed by atoms with E-state index in [1.165, 1.54) is 51.4 Å². The van der Waals surface area contributed by atoms with E-state index in [1.54, 1.807) is 0 Å². The van der Waals surface area contributed by atoms with Gasteiger partial charge in [0.2, 0.25) is 17.7 Å². The summed E-state index contributed by atoms with van der Waals surface area (Å²) in [4.78, 5) is 81.5. The lowest BCUT2D eigenvalue weighted by Gasteiger charge is -2.28. The highest BCUT2D eigenvalue weighted by atomic mass is 16.4. The van der Waals surface area contributed by atoms with Gasteiger partial charge >= 0.3 is 23.9 Å². The van der Waals surface area contributed by atoms with Gasteiger partial charge in [-0.1, -0.05) is 77.0 Å². The number of hydrogen-bond donors (Lipinski definition) is 7. The van der Waals surface area contributed by atoms with Crippen LogP contribution in [0.25, 0.3) is 0 Å². The number of carboxylic acids is 4. The highest BCUT2D eigenvalue weighted by Gasteiger charge is 2.30. The zero-order valence-corrected chi connectivity index (χ0v) is 29.6. The molecule has 0 aromatic rings. The molecule has 0 aromatic heterocycles. The van der Waals surface area contributed by atoms with Crippen molar-refractivity contribution in [2.45, 2.75) is 166 Å². The molecule has 0 radical (unpaired) electrons. The maximum absolute atomic E-state index is 12.8. The first-order valence-corrected chi connectivity index (χ1v) is 18.6. The van der Waals surface area contributed by atoms with Gasteiger partial charge in [0, 0.05) is 38.1 Å². The van der Waals surface area contributed by atoms with Gasteiger partial charge in [-0.25, -0.2) is 9.59 Å². The third-order valence-electron chi connectivity index (χ3n) is 9.40. The van der Waals surface area contributed by atoms with Crippen LogP contribution < -0.4 is 16.0 Å². The van der Waals surface area contributed by atoms with Crippen molar-refractivity contribution in [3.05, 3.63) is 0 Å². The third kappa shape index (κ3) is 22.8. The molecule has 0 bridgehead atoms. The van der Waals surface area contributed by atoms with Crippen LogP contribution in [-0.4, -0.2) is 80.7 Å². The molecule has 0 heterocycles. The lowest BCUT2D eigenvalue weighted by molar-refractivity contribution is -0.144. The topological polar surface area (TPSA) is 236 Å². The van der Waals surface area contributed by atoms with Crippen LogP contribution in [-0.2, 0) is 33.6 Å². The summed E-state index contributed by atoms with van der Waals surface area (Å²) in [7, 11) is 0. The number of rotatable bonds is 30. The highest BCUT2D eigenvalue weighted by Crippen LogP contribution is 2.29. The molecule has 0 saturated heterocycles. The van der Waals surface area contributed by atoms with E-state index >= 15 is 0 Å². The lowest BCUT2D eigenvalue weighted by atomic mass is 9.81. The maximum atomic E-state index is 12.8. The third-order valence-corrected chi connectivity index (χ3v) is 9.40. The fourth-order valence-corrected chi connectivity index (χ4v) is 6.27. The molecule has 2 atom stereocenters. The number of hydrogen-bond acceptors (Lipinski definition) is 7. The van der Waals surface area contributed by atoms with Crippen molar-refractivity contribution < 1.29 is 54.0 Å². The van der Waals surface area contributed by atoms with Crippen LogP contribution in [0, 0.1) is 11.8 Å². The van der Waals surface area contributed by atoms with Crippen LogP contribution in [0.4, 0.5) is 0 Å². The second-order valence-electron chi connectivity index (χ2n) is 13.7. The Kier molecular flexibility index (Phi) is 24.0. The van der Waals surface area contributed by atoms with E-state index in [9.17, 15) is 43.8 Å². The van der Waals surface area contributed by atoms with Gasteiger partial charge in [-0.2, -0.15) is 0 Å². The molecule has 1 rings (SSSR count). The molecule has 1 aliphatic carbocycles. The van der Waals surface area contributed by atoms with Gasteiger partial charge in [0.25, 0.3) is 0 Å². The first-order chi connectivity index (χ1) is 23.9. The number of carbonyl (C=O) groups excluding carboxylic acids is 3. The van der Waals surface area contributed by atoms with E-state index in [2.05, 4.69) is 16.0 Å². The van der Waals surface area contributed by atoms with Gasteiger partial charge in [0.1, 0.15) is 12.1 Å². The van der Waals surface area contributed by atoms with Gasteiger partial charge < -0.3 is 36.4 Å². The van der Waals surface area contributed by atoms with E-state index in [4.69, 9.17) is 10.2 Å². The van der Waals surface area contributed by atoms with Gasteiger partial charge in [0.05, 0.1) is 0 Å². The van der Waals surface area contributed by atoms with Crippen molar-refractivity contribution in [1.82, 2.24) is 16.0 Å². The van der Waals surface area contributed by atoms with Crippen LogP contribution in [0.15, 0.2) is 0 Å². The maximum Gasteiger partial charge on any atom is 0.326 e. The molecule has 1 aliphatic rings. The van der Waals surface area contributed by atoms with Crippen LogP contribution in [0.1, 0.15) is 154 Å². The fourth-order valence-electron chi connectivity index (χ4n) is 6.27. The van der Waals surface area contributed by atoms with Crippen molar-refractivity contribution in [2.24, 2.45) is 11.8 Å². The molecule has 286 valence electrons. The number of nitrogens with one attached hydrogen (secondary N) is 3. The van der Waals surface area contributed by atoms with E-state index < -0.39 is 54.2 Å². The quantitative estimate of drug-likeness (QED) is 0.0489. The number of unbranched alkanes of at least 4 members (excludes halogenated alkanes) is 13. The molecule has 14 heteroatoms. The summed E-state index contributed by atoms with van der Waals surface area (Å²) in [5, 5.41) is 43.8. The van der Waals surface area contributed by atoms with Crippen molar-refractivity contribution in [2.75, 3.05) is 6.54 Å². The molecular weight excluding hydrogens is 650 g/mol. The molecule has 50 heavy (non-hydrogen) atoms. The average Bonchev–Trinajstić information content (AvgIpc) is 3.06. The van der Waals surface area contributed by atoms with E-state index in [-0.39, 0.29) is 43.4 Å². The molecule has 0 aliphatic heterocycles. The Balaban J connectivity index is 2.12. The van der Waals surface area contributed by atoms with Crippen LogP contribution in [0.3, 0.4) is 0 Å². The molecule has 1 fully saturated rings. The van der Waals surface area contributed by atoms with E-state index in [0.29, 0.717) is 25.8 Å². The SMILES string of the molecule is O=C(O)CCCCCCCCCCCCCCCCC(=O)NC[C@H]1CC[C@H](C(=O)N[C@@H](CCC(=O)N[C@@H](CCC(=O)O)C(=O)O)C(=O)O)CC1. The zero-order chi connectivity index (χ0) is 37.1. The van der Waals surface area contributed by atoms with Gasteiger partial charge in [-0.3, -0.25) is 24.0 Å². The van der Waals surface area contributed by atoms with Gasteiger partial charge in [-0.05, 0) is 57.3 Å². The minimum atomic E-state index is -1.41. The minimum absolute atomic E-state index is 0.0386. The molecular formula is C36H61N3O11. The highest BCUT2D eigenvalue weighted by molar-refractivity contribution is 5.87. The predicted octanol–water partition coefficient (Wildman–Crippen LogP) is 5.02. The molecule has 14 nitrogen and oxygen atoms in total. The van der Waals surface area contributed by atoms with Crippen molar-refractivity contribution in [3.63, 3.8) is 0 Å². The summed E-state index contributed by atoms with van der Waals surface area (Å²) in [6, 6.07) is -2.74. The second-order valence-corrected chi connectivity index (χ2v) is 13.7. The summed E-state index contributed by atoms with van der Waals surface area (Å²) in [6.07, 6.45) is 17.8. The van der Waals surface area contributed by atoms with Crippen molar-refractivity contribution >= 4 is 41.6 Å². The van der Waals surface area contributed by atoms with Gasteiger partial charge in [-0.15, -0.1) is 0 Å². The molecule has 0 spiro atoms. The predicted molar refractivity (Wildman–Crippen MR) is 185 cm³/mol. The Hall–Kier alpha value is -3.71. The Morgan fingerprint density at radius 1 is 0.480 bits per heavy atom. The summed E-state index contributed by atoms with van der Waals surface area (Å²) >= 11 is 0. The minimum Gasteiger partial charge on any atom is -0.481 e. The van der Waals surface area contributed by atoms with Crippen LogP contribution >= 0.6 is 0 Å². The van der Waals surface area contributed by atoms with Crippen LogP contribution in [0.5, 0.6) is 0 Å². The Bertz CT molecular complexity index is 1060. The Morgan fingerprint density at radius 3 is 1.36 bits per heavy atom. The average molecular weight is 712 g/mol. The van der Waals surface area contributed by atoms with Crippen molar-refractivity contribution in [3.8, 4) is 0 Å². The molecule has 0 unspecified atom stereocenters. The standard InChI is InChI=1S/C36H61N3O11/c40-30(15-13-11-9-7-5-3-1-2-4-6-8-10-12-14-16-32(42)43)37-25-26-17-19-27(20-18-26)34(46)39-29(36(49)50)21-23-31(41)38-28(35(47)48)22-24-33(44)45/h26-29H,1-25H2,(H,37,40)(H,38,41)(H,39,46)(H,42,43)(H,44,45)(H,47,48)(H,49,50)/t26-,27-,28-,29-/m0/s1. The first-order valence-electron chi connectivity index (χ1n) is 18.6. The van der Waals surface area contributed by atoms with E-state index in [1.807, 2.05) is 0 Å². The van der Waals surface area contributed by atoms with Crippen LogP contribution in [0.2, 0.25) is 0 Å². The molecule has 0 aromatic carbocycles. The Labute approximate surface area is 295 Å². The number of carboxylic acid groups (broad SMARTS) is 4. The molecule has 7 N–H and O–H groups in total. The summed E-state index contributed by atoms with van der Waals surface area (Å²) in [5.74, 6) is -5.88. The molecule has 3 amide bonds. The fraction of sp³-hybridized carbons (Fsp3) is 0.806.